The monoisotopic (exact) mass is 303 g/mol. The van der Waals surface area contributed by atoms with E-state index in [0.717, 1.165) is 25.1 Å². The number of aromatic nitrogens is 1. The Morgan fingerprint density at radius 1 is 1.33 bits per heavy atom. The maximum atomic E-state index is 6.16. The summed E-state index contributed by atoms with van der Waals surface area (Å²) in [7, 11) is 2.14. The summed E-state index contributed by atoms with van der Waals surface area (Å²) in [6.45, 7) is 7.25. The molecule has 21 heavy (non-hydrogen) atoms. The van der Waals surface area contributed by atoms with Crippen LogP contribution in [0.25, 0.3) is 0 Å². The van der Waals surface area contributed by atoms with Crippen molar-refractivity contribution >= 4 is 17.0 Å². The lowest BCUT2D eigenvalue weighted by Gasteiger charge is -2.24. The molecule has 0 spiro atoms. The van der Waals surface area contributed by atoms with Crippen LogP contribution in [0.3, 0.4) is 0 Å². The minimum absolute atomic E-state index is 0.226. The normalized spacial score (nSPS) is 12.4. The molecule has 3 nitrogen and oxygen atoms in total. The fourth-order valence-electron chi connectivity index (χ4n) is 2.46. The van der Waals surface area contributed by atoms with Crippen LogP contribution in [0.4, 0.5) is 5.69 Å². The SMILES string of the molecule is CCC(N)Cc1cc(C)ccc1N(C)Cc1scnc1C. The molecule has 0 saturated heterocycles. The lowest BCUT2D eigenvalue weighted by atomic mass is 10.00. The lowest BCUT2D eigenvalue weighted by molar-refractivity contribution is 0.645. The molecule has 0 aliphatic rings. The van der Waals surface area contributed by atoms with Crippen molar-refractivity contribution in [3.63, 3.8) is 0 Å². The first-order chi connectivity index (χ1) is 10.0. The van der Waals surface area contributed by atoms with Crippen molar-refractivity contribution in [3.8, 4) is 0 Å². The summed E-state index contributed by atoms with van der Waals surface area (Å²) in [6, 6.07) is 6.88. The molecule has 1 atom stereocenters. The van der Waals surface area contributed by atoms with Gasteiger partial charge < -0.3 is 10.6 Å². The molecular weight excluding hydrogens is 278 g/mol. The van der Waals surface area contributed by atoms with Crippen LogP contribution in [0.5, 0.6) is 0 Å². The van der Waals surface area contributed by atoms with E-state index in [1.807, 2.05) is 5.51 Å². The van der Waals surface area contributed by atoms with Gasteiger partial charge in [0.1, 0.15) is 0 Å². The molecule has 0 aliphatic heterocycles. The number of hydrogen-bond donors (Lipinski definition) is 1. The molecule has 0 amide bonds. The first kappa shape index (κ1) is 16.0. The average Bonchev–Trinajstić information content (AvgIpc) is 2.84. The lowest BCUT2D eigenvalue weighted by Crippen LogP contribution is -2.24. The summed E-state index contributed by atoms with van der Waals surface area (Å²) in [4.78, 5) is 7.96. The number of anilines is 1. The van der Waals surface area contributed by atoms with E-state index in [9.17, 15) is 0 Å². The maximum absolute atomic E-state index is 6.16. The Hall–Kier alpha value is -1.39. The molecule has 2 aromatic rings. The van der Waals surface area contributed by atoms with E-state index >= 15 is 0 Å². The summed E-state index contributed by atoms with van der Waals surface area (Å²) in [5.74, 6) is 0. The third kappa shape index (κ3) is 4.05. The summed E-state index contributed by atoms with van der Waals surface area (Å²) < 4.78 is 0. The minimum Gasteiger partial charge on any atom is -0.369 e. The molecule has 0 radical (unpaired) electrons. The Balaban J connectivity index is 2.23. The zero-order valence-corrected chi connectivity index (χ0v) is 14.2. The van der Waals surface area contributed by atoms with Crippen molar-refractivity contribution in [2.45, 2.75) is 46.2 Å². The van der Waals surface area contributed by atoms with Crippen LogP contribution in [-0.4, -0.2) is 18.1 Å². The van der Waals surface area contributed by atoms with Gasteiger partial charge in [-0.05, 0) is 38.3 Å². The number of nitrogens with zero attached hydrogens (tertiary/aromatic N) is 2. The molecule has 0 aliphatic carbocycles. The van der Waals surface area contributed by atoms with Crippen LogP contribution in [-0.2, 0) is 13.0 Å². The number of rotatable bonds is 6. The predicted octanol–water partition coefficient (Wildman–Crippen LogP) is 3.68. The van der Waals surface area contributed by atoms with E-state index in [2.05, 4.69) is 55.9 Å². The molecule has 2 rings (SSSR count). The first-order valence-electron chi connectivity index (χ1n) is 7.46. The molecular formula is C17H25N3S. The van der Waals surface area contributed by atoms with Gasteiger partial charge in [0, 0.05) is 23.7 Å². The molecule has 0 bridgehead atoms. The molecule has 2 N–H and O–H groups in total. The van der Waals surface area contributed by atoms with Gasteiger partial charge in [-0.3, -0.25) is 0 Å². The van der Waals surface area contributed by atoms with Crippen molar-refractivity contribution in [1.29, 1.82) is 0 Å². The van der Waals surface area contributed by atoms with Crippen molar-refractivity contribution in [1.82, 2.24) is 4.98 Å². The maximum Gasteiger partial charge on any atom is 0.0798 e. The summed E-state index contributed by atoms with van der Waals surface area (Å²) >= 11 is 1.72. The topological polar surface area (TPSA) is 42.1 Å². The largest absolute Gasteiger partial charge is 0.369 e. The van der Waals surface area contributed by atoms with E-state index in [1.165, 1.54) is 21.7 Å². The third-order valence-electron chi connectivity index (χ3n) is 3.88. The van der Waals surface area contributed by atoms with Crippen molar-refractivity contribution < 1.29 is 0 Å². The van der Waals surface area contributed by atoms with Crippen LogP contribution in [0.2, 0.25) is 0 Å². The van der Waals surface area contributed by atoms with Crippen molar-refractivity contribution in [2.24, 2.45) is 5.73 Å². The highest BCUT2D eigenvalue weighted by atomic mass is 32.1. The van der Waals surface area contributed by atoms with Gasteiger partial charge in [0.25, 0.3) is 0 Å². The van der Waals surface area contributed by atoms with Crippen LogP contribution in [0, 0.1) is 13.8 Å². The van der Waals surface area contributed by atoms with Crippen LogP contribution >= 0.6 is 11.3 Å². The molecule has 1 aromatic carbocycles. The van der Waals surface area contributed by atoms with Gasteiger partial charge in [0.05, 0.1) is 17.7 Å². The molecule has 0 fully saturated rings. The van der Waals surface area contributed by atoms with Gasteiger partial charge in [-0.1, -0.05) is 24.6 Å². The summed E-state index contributed by atoms with van der Waals surface area (Å²) in [6.07, 6.45) is 1.94. The molecule has 0 saturated carbocycles. The predicted molar refractivity (Wildman–Crippen MR) is 92.1 cm³/mol. The molecule has 114 valence electrons. The second-order valence-corrected chi connectivity index (χ2v) is 6.66. The minimum atomic E-state index is 0.226. The van der Waals surface area contributed by atoms with E-state index in [1.54, 1.807) is 11.3 Å². The fourth-order valence-corrected chi connectivity index (χ4v) is 3.29. The van der Waals surface area contributed by atoms with Gasteiger partial charge >= 0.3 is 0 Å². The standard InChI is InChI=1S/C17H25N3S/c1-5-15(18)9-14-8-12(2)6-7-16(14)20(4)10-17-13(3)19-11-21-17/h6-8,11,15H,5,9-10,18H2,1-4H3. The third-order valence-corrected chi connectivity index (χ3v) is 4.80. The molecule has 1 heterocycles. The zero-order chi connectivity index (χ0) is 15.4. The second kappa shape index (κ2) is 7.05. The van der Waals surface area contributed by atoms with E-state index < -0.39 is 0 Å². The summed E-state index contributed by atoms with van der Waals surface area (Å²) in [5.41, 5.74) is 13.1. The highest BCUT2D eigenvalue weighted by molar-refractivity contribution is 7.09. The fraction of sp³-hybridized carbons (Fsp3) is 0.471. The van der Waals surface area contributed by atoms with Crippen LogP contribution in [0.15, 0.2) is 23.7 Å². The van der Waals surface area contributed by atoms with Gasteiger partial charge in [-0.25, -0.2) is 4.98 Å². The van der Waals surface area contributed by atoms with Gasteiger partial charge in [-0.15, -0.1) is 11.3 Å². The number of hydrogen-bond acceptors (Lipinski definition) is 4. The van der Waals surface area contributed by atoms with Gasteiger partial charge in [0.2, 0.25) is 0 Å². The summed E-state index contributed by atoms with van der Waals surface area (Å²) in [5, 5.41) is 0. The van der Waals surface area contributed by atoms with Gasteiger partial charge in [0.15, 0.2) is 0 Å². The Morgan fingerprint density at radius 2 is 2.10 bits per heavy atom. The Kier molecular flexibility index (Phi) is 5.37. The van der Waals surface area contributed by atoms with Crippen LogP contribution < -0.4 is 10.6 Å². The first-order valence-corrected chi connectivity index (χ1v) is 8.34. The Labute approximate surface area is 131 Å². The van der Waals surface area contributed by atoms with E-state index in [0.29, 0.717) is 0 Å². The second-order valence-electron chi connectivity index (χ2n) is 5.72. The van der Waals surface area contributed by atoms with Crippen molar-refractivity contribution in [3.05, 3.63) is 45.4 Å². The van der Waals surface area contributed by atoms with Crippen LogP contribution in [0.1, 0.15) is 35.0 Å². The Bertz CT molecular complexity index is 591. The molecule has 4 heteroatoms. The number of thiazole rings is 1. The van der Waals surface area contributed by atoms with E-state index in [-0.39, 0.29) is 6.04 Å². The highest BCUT2D eigenvalue weighted by Gasteiger charge is 2.12. The zero-order valence-electron chi connectivity index (χ0n) is 13.4. The average molecular weight is 303 g/mol. The number of nitrogens with two attached hydrogens (primary N) is 1. The van der Waals surface area contributed by atoms with Crippen molar-refractivity contribution in [2.75, 3.05) is 11.9 Å². The smallest absolute Gasteiger partial charge is 0.0798 e. The Morgan fingerprint density at radius 3 is 2.71 bits per heavy atom. The molecule has 1 unspecified atom stereocenters. The van der Waals surface area contributed by atoms with E-state index in [4.69, 9.17) is 5.73 Å². The quantitative estimate of drug-likeness (QED) is 0.885. The van der Waals surface area contributed by atoms with Gasteiger partial charge in [-0.2, -0.15) is 0 Å². The number of benzene rings is 1. The number of aryl methyl sites for hydroxylation is 2. The highest BCUT2D eigenvalue weighted by Crippen LogP contribution is 2.25. The molecule has 1 aromatic heterocycles.